The van der Waals surface area contributed by atoms with Crippen molar-refractivity contribution >= 4 is 55.5 Å². The molecule has 0 amide bonds. The van der Waals surface area contributed by atoms with Crippen LogP contribution in [-0.2, 0) is 0 Å². The van der Waals surface area contributed by atoms with Crippen LogP contribution in [0, 0.1) is 0 Å². The van der Waals surface area contributed by atoms with E-state index >= 15 is 0 Å². The second kappa shape index (κ2) is 14.3. The summed E-state index contributed by atoms with van der Waals surface area (Å²) >= 11 is 0. The zero-order valence-electron chi connectivity index (χ0n) is 37.8. The van der Waals surface area contributed by atoms with Gasteiger partial charge < -0.3 is 14.2 Å². The lowest BCUT2D eigenvalue weighted by Crippen LogP contribution is -2.25. The van der Waals surface area contributed by atoms with Crippen molar-refractivity contribution in [3.63, 3.8) is 0 Å². The standard InChI is InChI=1S/C56H38N4O/c1-3-15-38(16-4-1)44-22-14-23-45(39-17-5-2-6-18-39)56(44)59-37-58(51-25-9-10-26-52(51)59)43-20-13-19-40(33-43)48-34-42-30-32-61-54(42)36-49(48)41-28-29-47-46-21-7-8-24-50(46)60(53(47)35-41)55-27-11-12-31-57-55/h1-36H,37H2/i1D,3D,4D,15D,16D. The summed E-state index contributed by atoms with van der Waals surface area (Å²) < 4.78 is 52.0. The van der Waals surface area contributed by atoms with Gasteiger partial charge in [-0.2, -0.15) is 0 Å². The summed E-state index contributed by atoms with van der Waals surface area (Å²) in [7, 11) is 0. The number of anilines is 4. The molecule has 4 heterocycles. The molecule has 288 valence electrons. The first-order valence-electron chi connectivity index (χ1n) is 22.8. The molecule has 12 rings (SSSR count). The second-order valence-corrected chi connectivity index (χ2v) is 15.2. The van der Waals surface area contributed by atoms with Gasteiger partial charge in [-0.25, -0.2) is 4.98 Å². The van der Waals surface area contributed by atoms with Gasteiger partial charge in [0.15, 0.2) is 0 Å². The third-order valence-corrected chi connectivity index (χ3v) is 11.8. The third-order valence-electron chi connectivity index (χ3n) is 11.8. The summed E-state index contributed by atoms with van der Waals surface area (Å²) in [5.74, 6) is 0.849. The fourth-order valence-corrected chi connectivity index (χ4v) is 9.10. The van der Waals surface area contributed by atoms with E-state index in [0.717, 1.165) is 94.7 Å². The molecule has 5 heteroatoms. The zero-order chi connectivity index (χ0) is 44.6. The molecule has 0 aliphatic carbocycles. The van der Waals surface area contributed by atoms with Gasteiger partial charge in [-0.15, -0.1) is 0 Å². The van der Waals surface area contributed by atoms with Crippen LogP contribution in [0.3, 0.4) is 0 Å². The first-order valence-corrected chi connectivity index (χ1v) is 20.3. The molecule has 1 aliphatic heterocycles. The van der Waals surface area contributed by atoms with E-state index in [2.05, 4.69) is 105 Å². The van der Waals surface area contributed by atoms with Gasteiger partial charge in [0.25, 0.3) is 0 Å². The van der Waals surface area contributed by atoms with Gasteiger partial charge in [-0.3, -0.25) is 4.57 Å². The number of nitrogens with zero attached hydrogens (tertiary/aromatic N) is 4. The monoisotopic (exact) mass is 787 g/mol. The van der Waals surface area contributed by atoms with Crippen molar-refractivity contribution < 1.29 is 11.3 Å². The van der Waals surface area contributed by atoms with Crippen molar-refractivity contribution in [3.05, 3.63) is 219 Å². The molecular weight excluding hydrogens is 745 g/mol. The van der Waals surface area contributed by atoms with Gasteiger partial charge in [0.2, 0.25) is 0 Å². The van der Waals surface area contributed by atoms with E-state index in [0.29, 0.717) is 12.2 Å². The Morgan fingerprint density at radius 2 is 1.20 bits per heavy atom. The Balaban J connectivity index is 1.01. The minimum Gasteiger partial charge on any atom is -0.464 e. The highest BCUT2D eigenvalue weighted by atomic mass is 16.3. The highest BCUT2D eigenvalue weighted by Gasteiger charge is 2.31. The van der Waals surface area contributed by atoms with Crippen LogP contribution < -0.4 is 9.80 Å². The highest BCUT2D eigenvalue weighted by molar-refractivity contribution is 6.11. The Hall–Kier alpha value is -8.15. The quantitative estimate of drug-likeness (QED) is 0.161. The zero-order valence-corrected chi connectivity index (χ0v) is 32.8. The molecule has 11 aromatic rings. The molecule has 8 aromatic carbocycles. The Morgan fingerprint density at radius 1 is 0.492 bits per heavy atom. The summed E-state index contributed by atoms with van der Waals surface area (Å²) in [4.78, 5) is 9.26. The Morgan fingerprint density at radius 3 is 2.05 bits per heavy atom. The minimum absolute atomic E-state index is 0.160. The molecule has 0 unspecified atom stereocenters. The molecular formula is C56H38N4O. The van der Waals surface area contributed by atoms with Crippen LogP contribution in [0.5, 0.6) is 0 Å². The number of para-hydroxylation sites is 4. The van der Waals surface area contributed by atoms with Crippen LogP contribution >= 0.6 is 0 Å². The maximum Gasteiger partial charge on any atom is 0.137 e. The van der Waals surface area contributed by atoms with Crippen LogP contribution in [-0.4, -0.2) is 16.2 Å². The first-order chi connectivity index (χ1) is 32.3. The van der Waals surface area contributed by atoms with E-state index in [4.69, 9.17) is 16.3 Å². The van der Waals surface area contributed by atoms with Gasteiger partial charge in [0.05, 0.1) is 41.2 Å². The molecule has 0 saturated heterocycles. The van der Waals surface area contributed by atoms with Crippen molar-refractivity contribution in [2.75, 3.05) is 16.5 Å². The van der Waals surface area contributed by atoms with Gasteiger partial charge >= 0.3 is 0 Å². The average molecular weight is 788 g/mol. The predicted molar refractivity (Wildman–Crippen MR) is 252 cm³/mol. The maximum atomic E-state index is 9.06. The SMILES string of the molecule is [2H]c1c([2H])c([2H])c(-c2cccc(-c3ccccc3)c2N2CN(c3cccc(-c4cc5ccoc5cc4-c4ccc5c6ccccc6n(-c6ccccn6)c5c4)c3)c3ccccc32)c([2H])c1[2H]. The molecule has 0 radical (unpaired) electrons. The lowest BCUT2D eigenvalue weighted by atomic mass is 9.92. The largest absolute Gasteiger partial charge is 0.464 e. The van der Waals surface area contributed by atoms with Crippen LogP contribution in [0.2, 0.25) is 0 Å². The Bertz CT molecular complexity index is 3690. The summed E-state index contributed by atoms with van der Waals surface area (Å²) in [6.45, 7) is 0.390. The third kappa shape index (κ3) is 5.82. The van der Waals surface area contributed by atoms with Crippen LogP contribution in [0.25, 0.3) is 83.1 Å². The average Bonchev–Trinajstić information content (AvgIpc) is 4.09. The molecule has 1 aliphatic rings. The summed E-state index contributed by atoms with van der Waals surface area (Å²) in [5.41, 5.74) is 13.2. The lowest BCUT2D eigenvalue weighted by Gasteiger charge is -2.27. The smallest absolute Gasteiger partial charge is 0.137 e. The van der Waals surface area contributed by atoms with Crippen LogP contribution in [0.1, 0.15) is 6.85 Å². The molecule has 0 bridgehead atoms. The second-order valence-electron chi connectivity index (χ2n) is 15.2. The van der Waals surface area contributed by atoms with E-state index in [1.165, 1.54) is 0 Å². The van der Waals surface area contributed by atoms with Crippen LogP contribution in [0.15, 0.2) is 223 Å². The van der Waals surface area contributed by atoms with E-state index < -0.39 is 6.04 Å². The molecule has 0 atom stereocenters. The summed E-state index contributed by atoms with van der Waals surface area (Å²) in [6, 6.07) is 58.5. The molecule has 3 aromatic heterocycles. The topological polar surface area (TPSA) is 37.4 Å². The van der Waals surface area contributed by atoms with E-state index in [9.17, 15) is 0 Å². The van der Waals surface area contributed by atoms with Crippen molar-refractivity contribution in [2.45, 2.75) is 0 Å². The maximum absolute atomic E-state index is 9.06. The fourth-order valence-electron chi connectivity index (χ4n) is 9.10. The number of pyridine rings is 1. The predicted octanol–water partition coefficient (Wildman–Crippen LogP) is 14.8. The minimum atomic E-state index is -0.421. The number of rotatable bonds is 7. The van der Waals surface area contributed by atoms with Gasteiger partial charge in [-0.1, -0.05) is 139 Å². The number of aromatic nitrogens is 2. The van der Waals surface area contributed by atoms with Gasteiger partial charge in [0.1, 0.15) is 18.1 Å². The van der Waals surface area contributed by atoms with Crippen molar-refractivity contribution in [1.29, 1.82) is 0 Å². The Kier molecular flexibility index (Phi) is 7.02. The first kappa shape index (κ1) is 30.0. The summed E-state index contributed by atoms with van der Waals surface area (Å²) in [5, 5.41) is 3.30. The fraction of sp³-hybridized carbons (Fsp3) is 0.0179. The number of hydrogen-bond acceptors (Lipinski definition) is 4. The molecule has 0 fully saturated rings. The van der Waals surface area contributed by atoms with Crippen LogP contribution in [0.4, 0.5) is 22.7 Å². The molecule has 0 spiro atoms. The lowest BCUT2D eigenvalue weighted by molar-refractivity contribution is 0.616. The number of fused-ring (bicyclic) bond motifs is 5. The molecule has 5 nitrogen and oxygen atoms in total. The summed E-state index contributed by atoms with van der Waals surface area (Å²) in [6.07, 6.45) is 3.56. The number of benzene rings is 8. The number of furan rings is 1. The molecule has 61 heavy (non-hydrogen) atoms. The van der Waals surface area contributed by atoms with Crippen molar-refractivity contribution in [2.24, 2.45) is 0 Å². The number of hydrogen-bond donors (Lipinski definition) is 0. The molecule has 0 saturated carbocycles. The van der Waals surface area contributed by atoms with Gasteiger partial charge in [-0.05, 0) is 100 Å². The van der Waals surface area contributed by atoms with E-state index in [1.54, 1.807) is 6.26 Å². The van der Waals surface area contributed by atoms with Crippen molar-refractivity contribution in [3.8, 4) is 50.3 Å². The van der Waals surface area contributed by atoms with Gasteiger partial charge in [0, 0.05) is 39.2 Å². The van der Waals surface area contributed by atoms with E-state index in [-0.39, 0.29) is 29.7 Å². The highest BCUT2D eigenvalue weighted by Crippen LogP contribution is 2.50. The Labute approximate surface area is 360 Å². The van der Waals surface area contributed by atoms with Crippen molar-refractivity contribution in [1.82, 2.24) is 9.55 Å². The normalized spacial score (nSPS) is 13.6. The van der Waals surface area contributed by atoms with E-state index in [1.807, 2.05) is 91.1 Å². The molecule has 0 N–H and O–H groups in total.